The van der Waals surface area contributed by atoms with Crippen molar-refractivity contribution in [3.63, 3.8) is 0 Å². The molecule has 4 heteroatoms. The van der Waals surface area contributed by atoms with Crippen LogP contribution in [0.15, 0.2) is 12.3 Å². The minimum Gasteiger partial charge on any atom is -0.365 e. The molecule has 2 nitrogen and oxygen atoms in total. The summed E-state index contributed by atoms with van der Waals surface area (Å²) in [6, 6.07) is 1.56. The Balaban J connectivity index is 2.02. The normalized spacial score (nSPS) is 18.7. The van der Waals surface area contributed by atoms with E-state index in [4.69, 9.17) is 11.6 Å². The summed E-state index contributed by atoms with van der Waals surface area (Å²) in [6.07, 6.45) is 6.49. The molecular weight excluding hydrogens is 227 g/mol. The zero-order valence-electron chi connectivity index (χ0n) is 9.34. The standard InChI is InChI=1S/C12H16ClFN2/c1-8(9-4-2-3-5-9)16-12-11(14)6-10(13)7-15-12/h6-9H,2-5H2,1H3,(H,15,16). The number of anilines is 1. The Hall–Kier alpha value is -0.830. The lowest BCUT2D eigenvalue weighted by Crippen LogP contribution is -2.24. The lowest BCUT2D eigenvalue weighted by atomic mass is 10.00. The molecule has 1 aliphatic carbocycles. The molecular formula is C12H16ClFN2. The first kappa shape index (κ1) is 11.6. The SMILES string of the molecule is CC(Nc1ncc(Cl)cc1F)C1CCCC1. The van der Waals surface area contributed by atoms with Gasteiger partial charge in [-0.25, -0.2) is 9.37 Å². The van der Waals surface area contributed by atoms with Crippen LogP contribution in [0.2, 0.25) is 5.02 Å². The Morgan fingerprint density at radius 1 is 1.50 bits per heavy atom. The van der Waals surface area contributed by atoms with Gasteiger partial charge in [-0.15, -0.1) is 0 Å². The molecule has 1 heterocycles. The minimum absolute atomic E-state index is 0.269. The van der Waals surface area contributed by atoms with Gasteiger partial charge in [-0.2, -0.15) is 0 Å². The maximum Gasteiger partial charge on any atom is 0.166 e. The molecule has 2 rings (SSSR count). The second kappa shape index (κ2) is 5.00. The van der Waals surface area contributed by atoms with Crippen LogP contribution < -0.4 is 5.32 Å². The molecule has 0 amide bonds. The number of hydrogen-bond acceptors (Lipinski definition) is 2. The van der Waals surface area contributed by atoms with Crippen molar-refractivity contribution in [1.82, 2.24) is 4.98 Å². The van der Waals surface area contributed by atoms with Crippen molar-refractivity contribution < 1.29 is 4.39 Å². The number of aromatic nitrogens is 1. The van der Waals surface area contributed by atoms with Crippen LogP contribution in [-0.4, -0.2) is 11.0 Å². The summed E-state index contributed by atoms with van der Waals surface area (Å²) in [5, 5.41) is 3.46. The molecule has 0 spiro atoms. The monoisotopic (exact) mass is 242 g/mol. The number of pyridine rings is 1. The zero-order chi connectivity index (χ0) is 11.5. The molecule has 1 aromatic heterocycles. The van der Waals surface area contributed by atoms with Gasteiger partial charge in [0.05, 0.1) is 5.02 Å². The van der Waals surface area contributed by atoms with Crippen molar-refractivity contribution in [2.24, 2.45) is 5.92 Å². The summed E-state index contributed by atoms with van der Waals surface area (Å²) in [6.45, 7) is 2.09. The Kier molecular flexibility index (Phi) is 3.64. The van der Waals surface area contributed by atoms with Gasteiger partial charge in [0, 0.05) is 12.2 Å². The van der Waals surface area contributed by atoms with Crippen LogP contribution in [0, 0.1) is 11.7 Å². The molecule has 1 atom stereocenters. The molecule has 1 N–H and O–H groups in total. The topological polar surface area (TPSA) is 24.9 Å². The van der Waals surface area contributed by atoms with Gasteiger partial charge in [0.15, 0.2) is 11.6 Å². The fraction of sp³-hybridized carbons (Fsp3) is 0.583. The molecule has 16 heavy (non-hydrogen) atoms. The number of nitrogens with one attached hydrogen (secondary N) is 1. The molecule has 0 bridgehead atoms. The summed E-state index contributed by atoms with van der Waals surface area (Å²) in [7, 11) is 0. The van der Waals surface area contributed by atoms with E-state index in [-0.39, 0.29) is 11.9 Å². The van der Waals surface area contributed by atoms with E-state index in [1.165, 1.54) is 37.9 Å². The quantitative estimate of drug-likeness (QED) is 0.871. The predicted octanol–water partition coefficient (Wildman–Crippen LogP) is 3.86. The van der Waals surface area contributed by atoms with Crippen molar-refractivity contribution in [3.05, 3.63) is 23.1 Å². The van der Waals surface area contributed by atoms with Crippen LogP contribution in [0.5, 0.6) is 0 Å². The van der Waals surface area contributed by atoms with Crippen LogP contribution in [0.1, 0.15) is 32.6 Å². The third-order valence-electron chi connectivity index (χ3n) is 3.28. The second-order valence-corrected chi connectivity index (χ2v) is 4.90. The highest BCUT2D eigenvalue weighted by Gasteiger charge is 2.22. The van der Waals surface area contributed by atoms with E-state index < -0.39 is 0 Å². The van der Waals surface area contributed by atoms with Gasteiger partial charge in [0.25, 0.3) is 0 Å². The van der Waals surface area contributed by atoms with E-state index in [2.05, 4.69) is 17.2 Å². The van der Waals surface area contributed by atoms with Crippen LogP contribution in [0.4, 0.5) is 10.2 Å². The van der Waals surface area contributed by atoms with E-state index in [0.29, 0.717) is 16.8 Å². The third kappa shape index (κ3) is 2.64. The van der Waals surface area contributed by atoms with Crippen LogP contribution in [0.3, 0.4) is 0 Å². The lowest BCUT2D eigenvalue weighted by molar-refractivity contribution is 0.478. The molecule has 88 valence electrons. The van der Waals surface area contributed by atoms with Gasteiger partial charge in [-0.05, 0) is 31.7 Å². The maximum absolute atomic E-state index is 13.5. The van der Waals surface area contributed by atoms with Gasteiger partial charge in [0.1, 0.15) is 0 Å². The van der Waals surface area contributed by atoms with Crippen molar-refractivity contribution in [1.29, 1.82) is 0 Å². The lowest BCUT2D eigenvalue weighted by Gasteiger charge is -2.21. The van der Waals surface area contributed by atoms with Crippen molar-refractivity contribution in [2.45, 2.75) is 38.6 Å². The van der Waals surface area contributed by atoms with Crippen LogP contribution >= 0.6 is 11.6 Å². The first-order valence-electron chi connectivity index (χ1n) is 5.74. The molecule has 1 fully saturated rings. The Morgan fingerprint density at radius 2 is 2.19 bits per heavy atom. The molecule has 0 saturated heterocycles. The zero-order valence-corrected chi connectivity index (χ0v) is 10.1. The Morgan fingerprint density at radius 3 is 2.81 bits per heavy atom. The number of nitrogens with zero attached hydrogens (tertiary/aromatic N) is 1. The molecule has 1 aliphatic rings. The molecule has 0 aromatic carbocycles. The maximum atomic E-state index is 13.5. The van der Waals surface area contributed by atoms with Crippen LogP contribution in [0.25, 0.3) is 0 Å². The molecule has 0 aliphatic heterocycles. The number of rotatable bonds is 3. The number of hydrogen-bond donors (Lipinski definition) is 1. The summed E-state index contributed by atoms with van der Waals surface area (Å²) < 4.78 is 13.5. The largest absolute Gasteiger partial charge is 0.365 e. The van der Waals surface area contributed by atoms with E-state index in [1.54, 1.807) is 0 Å². The highest BCUT2D eigenvalue weighted by atomic mass is 35.5. The Labute approximate surface area is 100 Å². The minimum atomic E-state index is -0.377. The van der Waals surface area contributed by atoms with Gasteiger partial charge < -0.3 is 5.32 Å². The summed E-state index contributed by atoms with van der Waals surface area (Å²) in [5.41, 5.74) is 0. The van der Waals surface area contributed by atoms with Crippen molar-refractivity contribution >= 4 is 17.4 Å². The smallest absolute Gasteiger partial charge is 0.166 e. The average Bonchev–Trinajstić information content (AvgIpc) is 2.75. The van der Waals surface area contributed by atoms with E-state index in [0.717, 1.165) is 0 Å². The van der Waals surface area contributed by atoms with E-state index >= 15 is 0 Å². The van der Waals surface area contributed by atoms with Gasteiger partial charge >= 0.3 is 0 Å². The predicted molar refractivity (Wildman–Crippen MR) is 64.2 cm³/mol. The van der Waals surface area contributed by atoms with Gasteiger partial charge in [-0.1, -0.05) is 24.4 Å². The molecule has 0 radical (unpaired) electrons. The first-order valence-corrected chi connectivity index (χ1v) is 6.12. The number of halogens is 2. The highest BCUT2D eigenvalue weighted by Crippen LogP contribution is 2.29. The fourth-order valence-electron chi connectivity index (χ4n) is 2.31. The summed E-state index contributed by atoms with van der Waals surface area (Å²) >= 11 is 5.65. The first-order chi connectivity index (χ1) is 7.66. The fourth-order valence-corrected chi connectivity index (χ4v) is 2.46. The molecule has 1 unspecified atom stereocenters. The van der Waals surface area contributed by atoms with Crippen molar-refractivity contribution in [3.8, 4) is 0 Å². The van der Waals surface area contributed by atoms with Gasteiger partial charge in [-0.3, -0.25) is 0 Å². The van der Waals surface area contributed by atoms with Crippen molar-refractivity contribution in [2.75, 3.05) is 5.32 Å². The highest BCUT2D eigenvalue weighted by molar-refractivity contribution is 6.30. The average molecular weight is 243 g/mol. The van der Waals surface area contributed by atoms with Crippen LogP contribution in [-0.2, 0) is 0 Å². The molecule has 1 saturated carbocycles. The molecule has 1 aromatic rings. The summed E-state index contributed by atoms with van der Waals surface area (Å²) in [5.74, 6) is 0.568. The van der Waals surface area contributed by atoms with E-state index in [9.17, 15) is 4.39 Å². The Bertz CT molecular complexity index is 364. The third-order valence-corrected chi connectivity index (χ3v) is 3.49. The second-order valence-electron chi connectivity index (χ2n) is 4.46. The van der Waals surface area contributed by atoms with E-state index in [1.807, 2.05) is 0 Å². The van der Waals surface area contributed by atoms with Gasteiger partial charge in [0.2, 0.25) is 0 Å². The summed E-state index contributed by atoms with van der Waals surface area (Å²) in [4.78, 5) is 3.97.